The molecule has 0 aromatic heterocycles. The number of nitrogen functional groups attached to an aromatic ring is 1. The molecule has 0 saturated carbocycles. The lowest BCUT2D eigenvalue weighted by Gasteiger charge is -2.06. The Kier molecular flexibility index (Phi) is 4.56. The van der Waals surface area contributed by atoms with Crippen molar-refractivity contribution in [1.82, 2.24) is 5.32 Å². The Morgan fingerprint density at radius 1 is 1.05 bits per heavy atom. The van der Waals surface area contributed by atoms with E-state index in [-0.39, 0.29) is 17.9 Å². The van der Waals surface area contributed by atoms with Crippen molar-refractivity contribution in [3.8, 4) is 0 Å². The first-order valence-electron chi connectivity index (χ1n) is 6.48. The molecule has 5 heteroatoms. The summed E-state index contributed by atoms with van der Waals surface area (Å²) in [6.45, 7) is 0.362. The zero-order valence-corrected chi connectivity index (χ0v) is 11.4. The van der Waals surface area contributed by atoms with E-state index in [2.05, 4.69) is 5.32 Å². The lowest BCUT2D eigenvalue weighted by molar-refractivity contribution is -0.120. The van der Waals surface area contributed by atoms with Gasteiger partial charge in [-0.05, 0) is 35.4 Å². The van der Waals surface area contributed by atoms with E-state index in [0.29, 0.717) is 12.2 Å². The van der Waals surface area contributed by atoms with Crippen molar-refractivity contribution < 1.29 is 14.7 Å². The molecule has 0 heterocycles. The molecule has 1 amide bonds. The summed E-state index contributed by atoms with van der Waals surface area (Å²) in [5.74, 6) is -1.07. The van der Waals surface area contributed by atoms with Gasteiger partial charge in [0.1, 0.15) is 0 Å². The van der Waals surface area contributed by atoms with Crippen LogP contribution in [0.1, 0.15) is 21.5 Å². The van der Waals surface area contributed by atoms with Crippen LogP contribution >= 0.6 is 0 Å². The number of rotatable bonds is 5. The molecular formula is C16H16N2O3. The maximum Gasteiger partial charge on any atom is 0.335 e. The zero-order valence-electron chi connectivity index (χ0n) is 11.4. The first kappa shape index (κ1) is 14.6. The average Bonchev–Trinajstić information content (AvgIpc) is 2.45. The molecule has 2 rings (SSSR count). The fourth-order valence-corrected chi connectivity index (χ4v) is 1.92. The third-order valence-corrected chi connectivity index (χ3v) is 3.01. The third kappa shape index (κ3) is 4.35. The van der Waals surface area contributed by atoms with Gasteiger partial charge in [-0.1, -0.05) is 24.3 Å². The Hall–Kier alpha value is -2.82. The topological polar surface area (TPSA) is 92.4 Å². The highest BCUT2D eigenvalue weighted by molar-refractivity contribution is 5.87. The summed E-state index contributed by atoms with van der Waals surface area (Å²) in [6, 6.07) is 13.6. The van der Waals surface area contributed by atoms with Crippen molar-refractivity contribution in [2.75, 3.05) is 5.73 Å². The van der Waals surface area contributed by atoms with Gasteiger partial charge in [0, 0.05) is 12.2 Å². The van der Waals surface area contributed by atoms with E-state index in [1.54, 1.807) is 24.3 Å². The predicted octanol–water partition coefficient (Wildman–Crippen LogP) is 1.83. The molecule has 5 nitrogen and oxygen atoms in total. The zero-order chi connectivity index (χ0) is 15.2. The van der Waals surface area contributed by atoms with Crippen LogP contribution in [0.4, 0.5) is 5.69 Å². The van der Waals surface area contributed by atoms with Gasteiger partial charge in [-0.3, -0.25) is 4.79 Å². The van der Waals surface area contributed by atoms with Gasteiger partial charge in [0.25, 0.3) is 0 Å². The molecule has 0 bridgehead atoms. The van der Waals surface area contributed by atoms with Crippen LogP contribution in [0.15, 0.2) is 48.5 Å². The van der Waals surface area contributed by atoms with Crippen molar-refractivity contribution >= 4 is 17.6 Å². The highest BCUT2D eigenvalue weighted by atomic mass is 16.4. The van der Waals surface area contributed by atoms with Crippen molar-refractivity contribution in [3.05, 3.63) is 65.2 Å². The van der Waals surface area contributed by atoms with Crippen molar-refractivity contribution in [2.24, 2.45) is 0 Å². The first-order chi connectivity index (χ1) is 10.0. The third-order valence-electron chi connectivity index (χ3n) is 3.01. The minimum Gasteiger partial charge on any atom is -0.478 e. The molecule has 0 aliphatic rings. The SMILES string of the molecule is Nc1cccc(CC(=O)NCc2ccc(C(=O)O)cc2)c1. The fourth-order valence-electron chi connectivity index (χ4n) is 1.92. The summed E-state index contributed by atoms with van der Waals surface area (Å²) in [5, 5.41) is 11.6. The number of amides is 1. The van der Waals surface area contributed by atoms with Gasteiger partial charge < -0.3 is 16.2 Å². The molecule has 0 spiro atoms. The summed E-state index contributed by atoms with van der Waals surface area (Å²) >= 11 is 0. The number of carbonyl (C=O) groups is 2. The van der Waals surface area contributed by atoms with E-state index in [9.17, 15) is 9.59 Å². The smallest absolute Gasteiger partial charge is 0.335 e. The number of nitrogens with two attached hydrogens (primary N) is 1. The van der Waals surface area contributed by atoms with Crippen LogP contribution in [0.25, 0.3) is 0 Å². The van der Waals surface area contributed by atoms with Gasteiger partial charge in [-0.2, -0.15) is 0 Å². The molecule has 108 valence electrons. The van der Waals surface area contributed by atoms with Gasteiger partial charge in [0.2, 0.25) is 5.91 Å². The number of benzene rings is 2. The van der Waals surface area contributed by atoms with Gasteiger partial charge in [-0.15, -0.1) is 0 Å². The Balaban J connectivity index is 1.87. The van der Waals surface area contributed by atoms with Crippen LogP contribution in [-0.4, -0.2) is 17.0 Å². The molecule has 0 unspecified atom stereocenters. The Morgan fingerprint density at radius 2 is 1.76 bits per heavy atom. The number of carboxylic acid groups (broad SMARTS) is 1. The summed E-state index contributed by atoms with van der Waals surface area (Å²) in [5.41, 5.74) is 8.22. The Labute approximate surface area is 122 Å². The van der Waals surface area contributed by atoms with Crippen LogP contribution in [-0.2, 0) is 17.8 Å². The first-order valence-corrected chi connectivity index (χ1v) is 6.48. The molecule has 21 heavy (non-hydrogen) atoms. The van der Waals surface area contributed by atoms with Gasteiger partial charge in [0.05, 0.1) is 12.0 Å². The summed E-state index contributed by atoms with van der Waals surface area (Å²) in [4.78, 5) is 22.6. The van der Waals surface area contributed by atoms with Crippen LogP contribution in [0.2, 0.25) is 0 Å². The normalized spacial score (nSPS) is 10.1. The lowest BCUT2D eigenvalue weighted by Crippen LogP contribution is -2.24. The molecule has 0 atom stereocenters. The molecule has 2 aromatic rings. The number of carboxylic acids is 1. The largest absolute Gasteiger partial charge is 0.478 e. The molecule has 0 radical (unpaired) electrons. The predicted molar refractivity (Wildman–Crippen MR) is 79.8 cm³/mol. The highest BCUT2D eigenvalue weighted by Crippen LogP contribution is 2.08. The molecule has 4 N–H and O–H groups in total. The second-order valence-electron chi connectivity index (χ2n) is 4.70. The number of anilines is 1. The fraction of sp³-hybridized carbons (Fsp3) is 0.125. The standard InChI is InChI=1S/C16H16N2O3/c17-14-3-1-2-12(8-14)9-15(19)18-10-11-4-6-13(7-5-11)16(20)21/h1-8H,9-10,17H2,(H,18,19)(H,20,21). The number of hydrogen-bond donors (Lipinski definition) is 3. The van der Waals surface area contributed by atoms with E-state index in [4.69, 9.17) is 10.8 Å². The van der Waals surface area contributed by atoms with E-state index in [0.717, 1.165) is 11.1 Å². The highest BCUT2D eigenvalue weighted by Gasteiger charge is 2.05. The monoisotopic (exact) mass is 284 g/mol. The van der Waals surface area contributed by atoms with E-state index >= 15 is 0 Å². The minimum absolute atomic E-state index is 0.108. The Morgan fingerprint density at radius 3 is 2.38 bits per heavy atom. The number of nitrogens with one attached hydrogen (secondary N) is 1. The van der Waals surface area contributed by atoms with E-state index < -0.39 is 5.97 Å². The molecular weight excluding hydrogens is 268 g/mol. The van der Waals surface area contributed by atoms with Crippen molar-refractivity contribution in [1.29, 1.82) is 0 Å². The molecule has 0 saturated heterocycles. The second-order valence-corrected chi connectivity index (χ2v) is 4.70. The van der Waals surface area contributed by atoms with Crippen LogP contribution in [0.3, 0.4) is 0 Å². The maximum atomic E-state index is 11.8. The van der Waals surface area contributed by atoms with Crippen molar-refractivity contribution in [3.63, 3.8) is 0 Å². The van der Waals surface area contributed by atoms with Crippen molar-refractivity contribution in [2.45, 2.75) is 13.0 Å². The lowest BCUT2D eigenvalue weighted by atomic mass is 10.1. The maximum absolute atomic E-state index is 11.8. The summed E-state index contributed by atoms with van der Waals surface area (Å²) in [6.07, 6.45) is 0.262. The van der Waals surface area contributed by atoms with Gasteiger partial charge >= 0.3 is 5.97 Å². The Bertz CT molecular complexity index is 651. The summed E-state index contributed by atoms with van der Waals surface area (Å²) < 4.78 is 0. The quantitative estimate of drug-likeness (QED) is 0.730. The van der Waals surface area contributed by atoms with Gasteiger partial charge in [0.15, 0.2) is 0 Å². The molecule has 0 aliphatic carbocycles. The second kappa shape index (κ2) is 6.56. The van der Waals surface area contributed by atoms with Gasteiger partial charge in [-0.25, -0.2) is 4.79 Å². The van der Waals surface area contributed by atoms with Crippen LogP contribution in [0.5, 0.6) is 0 Å². The van der Waals surface area contributed by atoms with Crippen LogP contribution in [0, 0.1) is 0 Å². The van der Waals surface area contributed by atoms with E-state index in [1.165, 1.54) is 12.1 Å². The number of aromatic carboxylic acids is 1. The summed E-state index contributed by atoms with van der Waals surface area (Å²) in [7, 11) is 0. The number of hydrogen-bond acceptors (Lipinski definition) is 3. The van der Waals surface area contributed by atoms with E-state index in [1.807, 2.05) is 12.1 Å². The molecule has 0 fully saturated rings. The molecule has 0 aliphatic heterocycles. The average molecular weight is 284 g/mol. The van der Waals surface area contributed by atoms with Crippen LogP contribution < -0.4 is 11.1 Å². The minimum atomic E-state index is -0.966. The number of carbonyl (C=O) groups excluding carboxylic acids is 1. The molecule has 2 aromatic carbocycles.